The smallest absolute Gasteiger partial charge is 0.325 e. The number of benzene rings is 1. The molecule has 0 aromatic heterocycles. The Kier molecular flexibility index (Phi) is 2.47. The van der Waals surface area contributed by atoms with E-state index < -0.39 is 12.0 Å². The van der Waals surface area contributed by atoms with Crippen molar-refractivity contribution in [2.45, 2.75) is 19.6 Å². The van der Waals surface area contributed by atoms with E-state index >= 15 is 0 Å². The molecule has 0 amide bonds. The van der Waals surface area contributed by atoms with Gasteiger partial charge in [-0.25, -0.2) is 0 Å². The SMILES string of the molecule is CC(Nc1ccc2c(c1)COO2)C(=O)O. The Labute approximate surface area is 86.5 Å². The summed E-state index contributed by atoms with van der Waals surface area (Å²) in [6.07, 6.45) is 0. The highest BCUT2D eigenvalue weighted by molar-refractivity contribution is 5.76. The number of hydrogen-bond donors (Lipinski definition) is 2. The molecular formula is C10H11NO4. The lowest BCUT2D eigenvalue weighted by atomic mass is 10.2. The van der Waals surface area contributed by atoms with Gasteiger partial charge in [0.05, 0.1) is 0 Å². The van der Waals surface area contributed by atoms with Crippen molar-refractivity contribution >= 4 is 11.7 Å². The highest BCUT2D eigenvalue weighted by Gasteiger charge is 2.15. The van der Waals surface area contributed by atoms with E-state index in [1.54, 1.807) is 19.1 Å². The average Bonchev–Trinajstić information content (AvgIpc) is 2.64. The second-order valence-corrected chi connectivity index (χ2v) is 3.37. The predicted octanol–water partition coefficient (Wildman–Crippen LogP) is 1.40. The minimum atomic E-state index is -0.886. The maximum atomic E-state index is 10.6. The molecule has 0 fully saturated rings. The number of carboxylic acid groups (broad SMARTS) is 1. The first kappa shape index (κ1) is 9.79. The first-order valence-electron chi connectivity index (χ1n) is 4.58. The molecule has 0 radical (unpaired) electrons. The first-order chi connectivity index (χ1) is 7.16. The fraction of sp³-hybridized carbons (Fsp3) is 0.300. The molecule has 0 spiro atoms. The molecule has 0 saturated carbocycles. The summed E-state index contributed by atoms with van der Waals surface area (Å²) in [4.78, 5) is 20.3. The lowest BCUT2D eigenvalue weighted by Gasteiger charge is -2.10. The third kappa shape index (κ3) is 2.02. The summed E-state index contributed by atoms with van der Waals surface area (Å²) in [7, 11) is 0. The van der Waals surface area contributed by atoms with Crippen LogP contribution < -0.4 is 10.2 Å². The minimum Gasteiger partial charge on any atom is -0.480 e. The third-order valence-corrected chi connectivity index (χ3v) is 2.18. The fourth-order valence-corrected chi connectivity index (χ4v) is 1.33. The van der Waals surface area contributed by atoms with Crippen LogP contribution in [0.5, 0.6) is 5.75 Å². The number of carbonyl (C=O) groups is 1. The number of rotatable bonds is 3. The molecule has 2 rings (SSSR count). The van der Waals surface area contributed by atoms with Crippen molar-refractivity contribution in [3.05, 3.63) is 23.8 Å². The van der Waals surface area contributed by atoms with Crippen LogP contribution >= 0.6 is 0 Å². The van der Waals surface area contributed by atoms with Gasteiger partial charge >= 0.3 is 5.97 Å². The molecule has 1 aromatic rings. The Bertz CT molecular complexity index is 391. The van der Waals surface area contributed by atoms with Crippen molar-refractivity contribution in [1.82, 2.24) is 0 Å². The van der Waals surface area contributed by atoms with E-state index in [1.807, 2.05) is 6.07 Å². The topological polar surface area (TPSA) is 67.8 Å². The molecule has 0 saturated heterocycles. The Balaban J connectivity index is 2.13. The number of hydrogen-bond acceptors (Lipinski definition) is 4. The molecule has 0 bridgehead atoms. The van der Waals surface area contributed by atoms with Gasteiger partial charge in [-0.15, -0.1) is 0 Å². The van der Waals surface area contributed by atoms with Gasteiger partial charge in [0.25, 0.3) is 0 Å². The molecule has 2 N–H and O–H groups in total. The van der Waals surface area contributed by atoms with E-state index in [2.05, 4.69) is 5.32 Å². The van der Waals surface area contributed by atoms with Crippen LogP contribution in [0.1, 0.15) is 12.5 Å². The van der Waals surface area contributed by atoms with Gasteiger partial charge < -0.3 is 15.3 Å². The van der Waals surface area contributed by atoms with E-state index in [0.29, 0.717) is 12.4 Å². The summed E-state index contributed by atoms with van der Waals surface area (Å²) in [6, 6.07) is 4.71. The maximum absolute atomic E-state index is 10.6. The average molecular weight is 209 g/mol. The Hall–Kier alpha value is -1.75. The van der Waals surface area contributed by atoms with Crippen LogP contribution in [0.2, 0.25) is 0 Å². The zero-order chi connectivity index (χ0) is 10.8. The summed E-state index contributed by atoms with van der Waals surface area (Å²) < 4.78 is 0. The Morgan fingerprint density at radius 3 is 3.13 bits per heavy atom. The molecule has 1 atom stereocenters. The van der Waals surface area contributed by atoms with Gasteiger partial charge in [-0.05, 0) is 25.1 Å². The standard InChI is InChI=1S/C10H11NO4/c1-6(10(12)13)11-8-2-3-9-7(4-8)5-14-15-9/h2-4,6,11H,5H2,1H3,(H,12,13). The number of anilines is 1. The fourth-order valence-electron chi connectivity index (χ4n) is 1.33. The van der Waals surface area contributed by atoms with Crippen molar-refractivity contribution in [2.24, 2.45) is 0 Å². The van der Waals surface area contributed by atoms with Crippen LogP contribution in [0.4, 0.5) is 5.69 Å². The van der Waals surface area contributed by atoms with Gasteiger partial charge in [-0.2, -0.15) is 4.89 Å². The second-order valence-electron chi connectivity index (χ2n) is 3.37. The van der Waals surface area contributed by atoms with Crippen molar-refractivity contribution < 1.29 is 19.7 Å². The summed E-state index contributed by atoms with van der Waals surface area (Å²) >= 11 is 0. The lowest BCUT2D eigenvalue weighted by Crippen LogP contribution is -2.25. The van der Waals surface area contributed by atoms with Crippen LogP contribution in [0, 0.1) is 0 Å². The molecule has 80 valence electrons. The molecule has 5 nitrogen and oxygen atoms in total. The number of carboxylic acids is 1. The van der Waals surface area contributed by atoms with Crippen LogP contribution in [0.3, 0.4) is 0 Å². The van der Waals surface area contributed by atoms with E-state index in [9.17, 15) is 4.79 Å². The predicted molar refractivity (Wildman–Crippen MR) is 52.6 cm³/mol. The van der Waals surface area contributed by atoms with Crippen LogP contribution in [-0.2, 0) is 16.3 Å². The summed E-state index contributed by atoms with van der Waals surface area (Å²) in [5.41, 5.74) is 1.66. The summed E-state index contributed by atoms with van der Waals surface area (Å²) in [5.74, 6) is -0.202. The summed E-state index contributed by atoms with van der Waals surface area (Å²) in [5, 5.41) is 11.6. The van der Waals surface area contributed by atoms with E-state index in [1.165, 1.54) is 0 Å². The monoisotopic (exact) mass is 209 g/mol. The molecule has 1 heterocycles. The molecule has 5 heteroatoms. The summed E-state index contributed by atoms with van der Waals surface area (Å²) in [6.45, 7) is 1.98. The molecule has 1 aliphatic heterocycles. The Morgan fingerprint density at radius 1 is 1.60 bits per heavy atom. The van der Waals surface area contributed by atoms with Gasteiger partial charge in [-0.1, -0.05) is 0 Å². The highest BCUT2D eigenvalue weighted by Crippen LogP contribution is 2.28. The highest BCUT2D eigenvalue weighted by atomic mass is 17.2. The van der Waals surface area contributed by atoms with Crippen molar-refractivity contribution in [2.75, 3.05) is 5.32 Å². The molecule has 15 heavy (non-hydrogen) atoms. The first-order valence-corrected chi connectivity index (χ1v) is 4.58. The van der Waals surface area contributed by atoms with E-state index in [0.717, 1.165) is 11.3 Å². The van der Waals surface area contributed by atoms with Crippen molar-refractivity contribution in [3.8, 4) is 5.75 Å². The van der Waals surface area contributed by atoms with Crippen LogP contribution in [0.15, 0.2) is 18.2 Å². The largest absolute Gasteiger partial charge is 0.480 e. The number of fused-ring (bicyclic) bond motifs is 1. The van der Waals surface area contributed by atoms with Gasteiger partial charge in [0, 0.05) is 11.3 Å². The van der Waals surface area contributed by atoms with Crippen LogP contribution in [0.25, 0.3) is 0 Å². The second kappa shape index (κ2) is 3.78. The number of aliphatic carboxylic acids is 1. The van der Waals surface area contributed by atoms with Crippen molar-refractivity contribution in [1.29, 1.82) is 0 Å². The molecule has 0 aliphatic carbocycles. The van der Waals surface area contributed by atoms with Gasteiger partial charge in [0.1, 0.15) is 12.6 Å². The minimum absolute atomic E-state index is 0.395. The third-order valence-electron chi connectivity index (χ3n) is 2.18. The van der Waals surface area contributed by atoms with E-state index in [4.69, 9.17) is 14.9 Å². The zero-order valence-electron chi connectivity index (χ0n) is 8.19. The Morgan fingerprint density at radius 2 is 2.40 bits per heavy atom. The lowest BCUT2D eigenvalue weighted by molar-refractivity contribution is -0.194. The van der Waals surface area contributed by atoms with Gasteiger partial charge in [0.15, 0.2) is 5.75 Å². The zero-order valence-corrected chi connectivity index (χ0v) is 8.19. The maximum Gasteiger partial charge on any atom is 0.325 e. The van der Waals surface area contributed by atoms with Crippen LogP contribution in [-0.4, -0.2) is 17.1 Å². The quantitative estimate of drug-likeness (QED) is 0.736. The van der Waals surface area contributed by atoms with Gasteiger partial charge in [0.2, 0.25) is 0 Å². The number of nitrogens with one attached hydrogen (secondary N) is 1. The molecule has 1 aromatic carbocycles. The normalized spacial score (nSPS) is 15.3. The van der Waals surface area contributed by atoms with Gasteiger partial charge in [-0.3, -0.25) is 4.79 Å². The van der Waals surface area contributed by atoms with E-state index in [-0.39, 0.29) is 0 Å². The molecule has 1 aliphatic rings. The molecular weight excluding hydrogens is 198 g/mol. The molecule has 1 unspecified atom stereocenters. The van der Waals surface area contributed by atoms with Crippen molar-refractivity contribution in [3.63, 3.8) is 0 Å².